The summed E-state index contributed by atoms with van der Waals surface area (Å²) in [5, 5.41) is 21.3. The first-order valence-corrected chi connectivity index (χ1v) is 12.4. The molecule has 0 aliphatic carbocycles. The molecular weight excluding hydrogens is 497 g/mol. The van der Waals surface area contributed by atoms with E-state index in [1.807, 2.05) is 0 Å². The Hall–Kier alpha value is -3.69. The fraction of sp³-hybridized carbons (Fsp3) is 0.292. The molecule has 12 heteroatoms. The molecule has 1 unspecified atom stereocenters. The summed E-state index contributed by atoms with van der Waals surface area (Å²) in [5.41, 5.74) is -0.444. The van der Waals surface area contributed by atoms with Crippen molar-refractivity contribution in [3.8, 4) is 6.07 Å². The molecule has 2 N–H and O–H groups in total. The van der Waals surface area contributed by atoms with Crippen LogP contribution in [-0.4, -0.2) is 41.3 Å². The monoisotopic (exact) mass is 520 g/mol. The Morgan fingerprint density at radius 1 is 1.22 bits per heavy atom. The van der Waals surface area contributed by atoms with E-state index in [2.05, 4.69) is 10.3 Å². The van der Waals surface area contributed by atoms with Gasteiger partial charge in [-0.25, -0.2) is 13.4 Å². The first-order valence-electron chi connectivity index (χ1n) is 10.8. The number of carbonyl (C=O) groups is 1. The summed E-state index contributed by atoms with van der Waals surface area (Å²) in [4.78, 5) is 17.0. The normalized spacial score (nSPS) is 12.7. The summed E-state index contributed by atoms with van der Waals surface area (Å²) in [7, 11) is -3.41. The van der Waals surface area contributed by atoms with Crippen LogP contribution in [0.1, 0.15) is 51.4 Å². The Morgan fingerprint density at radius 3 is 2.44 bits per heavy atom. The molecule has 1 amide bonds. The van der Waals surface area contributed by atoms with E-state index >= 15 is 0 Å². The van der Waals surface area contributed by atoms with Crippen molar-refractivity contribution in [1.29, 1.82) is 5.26 Å². The average molecular weight is 521 g/mol. The van der Waals surface area contributed by atoms with Gasteiger partial charge in [-0.05, 0) is 42.3 Å². The van der Waals surface area contributed by atoms with E-state index in [1.54, 1.807) is 6.07 Å². The summed E-state index contributed by atoms with van der Waals surface area (Å²) < 4.78 is 65.9. The van der Waals surface area contributed by atoms with Gasteiger partial charge in [0.15, 0.2) is 9.84 Å². The van der Waals surface area contributed by atoms with Crippen molar-refractivity contribution in [2.75, 3.05) is 12.4 Å². The first kappa shape index (κ1) is 26.9. The second-order valence-corrected chi connectivity index (χ2v) is 10.2. The van der Waals surface area contributed by atoms with E-state index in [9.17, 15) is 31.5 Å². The van der Waals surface area contributed by atoms with Crippen LogP contribution < -0.4 is 5.32 Å². The number of benzene rings is 2. The molecule has 3 aromatic rings. The molecular formula is C24H23F3N4O4S. The van der Waals surface area contributed by atoms with Gasteiger partial charge >= 0.3 is 6.18 Å². The lowest BCUT2D eigenvalue weighted by molar-refractivity contribution is -0.138. The summed E-state index contributed by atoms with van der Waals surface area (Å²) in [6.45, 7) is 2.33. The molecule has 0 saturated heterocycles. The highest BCUT2D eigenvalue weighted by atomic mass is 32.2. The lowest BCUT2D eigenvalue weighted by atomic mass is 10.0. The smallest absolute Gasteiger partial charge is 0.394 e. The minimum atomic E-state index is -4.67. The maximum Gasteiger partial charge on any atom is 0.416 e. The molecule has 0 bridgehead atoms. The molecule has 0 radical (unpaired) electrons. The molecule has 190 valence electrons. The van der Waals surface area contributed by atoms with Gasteiger partial charge < -0.3 is 15.0 Å². The van der Waals surface area contributed by atoms with Crippen LogP contribution in [0.3, 0.4) is 0 Å². The highest BCUT2D eigenvalue weighted by Gasteiger charge is 2.34. The number of sulfone groups is 1. The summed E-state index contributed by atoms with van der Waals surface area (Å²) >= 11 is 0. The maximum atomic E-state index is 13.5. The minimum absolute atomic E-state index is 0.0409. The minimum Gasteiger partial charge on any atom is -0.394 e. The number of halogens is 3. The van der Waals surface area contributed by atoms with Gasteiger partial charge in [-0.15, -0.1) is 0 Å². The van der Waals surface area contributed by atoms with Crippen LogP contribution in [-0.2, 0) is 22.6 Å². The molecule has 1 heterocycles. The third kappa shape index (κ3) is 5.75. The standard InChI is InChI=1S/C24H23F3N4O4S/c1-3-36(34,35)19-8-6-17(7-9-19)21(13-32)30-23(33)22-15(2)31(14-29-22)12-18-5-4-16(11-28)10-20(18)24(25,26)27/h4-10,14,21,32H,3,12-13H2,1-2H3,(H,30,33). The van der Waals surface area contributed by atoms with Crippen molar-refractivity contribution in [3.05, 3.63) is 82.4 Å². The van der Waals surface area contributed by atoms with Gasteiger partial charge in [0, 0.05) is 12.2 Å². The number of hydrogen-bond acceptors (Lipinski definition) is 6. The van der Waals surface area contributed by atoms with Crippen LogP contribution in [0.15, 0.2) is 53.7 Å². The number of aliphatic hydroxyl groups is 1. The van der Waals surface area contributed by atoms with Crippen molar-refractivity contribution < 1.29 is 31.5 Å². The zero-order chi connectivity index (χ0) is 26.7. The fourth-order valence-corrected chi connectivity index (χ4v) is 4.48. The molecule has 1 atom stereocenters. The van der Waals surface area contributed by atoms with Crippen molar-refractivity contribution in [3.63, 3.8) is 0 Å². The Labute approximate surface area is 205 Å². The molecule has 0 fully saturated rings. The Balaban J connectivity index is 1.82. The van der Waals surface area contributed by atoms with Crippen molar-refractivity contribution in [1.82, 2.24) is 14.9 Å². The number of hydrogen-bond donors (Lipinski definition) is 2. The van der Waals surface area contributed by atoms with Gasteiger partial charge in [0.1, 0.15) is 5.69 Å². The second-order valence-electron chi connectivity index (χ2n) is 7.97. The Bertz CT molecular complexity index is 1410. The molecule has 3 rings (SSSR count). The predicted octanol–water partition coefficient (Wildman–Crippen LogP) is 3.39. The van der Waals surface area contributed by atoms with E-state index in [4.69, 9.17) is 5.26 Å². The third-order valence-corrected chi connectivity index (χ3v) is 7.46. The lowest BCUT2D eigenvalue weighted by Crippen LogP contribution is -2.31. The van der Waals surface area contributed by atoms with E-state index in [0.29, 0.717) is 11.3 Å². The van der Waals surface area contributed by atoms with Crippen LogP contribution in [0.2, 0.25) is 0 Å². The molecule has 0 aliphatic rings. The van der Waals surface area contributed by atoms with Gasteiger partial charge in [0.2, 0.25) is 0 Å². The summed E-state index contributed by atoms with van der Waals surface area (Å²) in [6.07, 6.45) is -3.43. The van der Waals surface area contributed by atoms with Crippen LogP contribution in [0.25, 0.3) is 0 Å². The molecule has 0 saturated carbocycles. The number of carbonyl (C=O) groups excluding carboxylic acids is 1. The van der Waals surface area contributed by atoms with Crippen molar-refractivity contribution >= 4 is 15.7 Å². The highest BCUT2D eigenvalue weighted by Crippen LogP contribution is 2.33. The zero-order valence-electron chi connectivity index (χ0n) is 19.4. The largest absolute Gasteiger partial charge is 0.416 e. The zero-order valence-corrected chi connectivity index (χ0v) is 20.2. The van der Waals surface area contributed by atoms with Crippen LogP contribution in [0, 0.1) is 18.3 Å². The second kappa shape index (κ2) is 10.5. The van der Waals surface area contributed by atoms with Gasteiger partial charge in [0.25, 0.3) is 5.91 Å². The first-order chi connectivity index (χ1) is 16.9. The maximum absolute atomic E-state index is 13.5. The topological polar surface area (TPSA) is 125 Å². The molecule has 1 aromatic heterocycles. The molecule has 2 aromatic carbocycles. The van der Waals surface area contributed by atoms with Gasteiger partial charge in [-0.1, -0.05) is 25.1 Å². The summed E-state index contributed by atoms with van der Waals surface area (Å²) in [6, 6.07) is 9.84. The fourth-order valence-electron chi connectivity index (χ4n) is 3.59. The molecule has 36 heavy (non-hydrogen) atoms. The third-order valence-electron chi connectivity index (χ3n) is 5.71. The number of nitriles is 1. The van der Waals surface area contributed by atoms with E-state index in [-0.39, 0.29) is 34.0 Å². The van der Waals surface area contributed by atoms with Gasteiger partial charge in [0.05, 0.1) is 46.8 Å². The van der Waals surface area contributed by atoms with Crippen LogP contribution in [0.5, 0.6) is 0 Å². The van der Waals surface area contributed by atoms with Gasteiger partial charge in [-0.3, -0.25) is 4.79 Å². The van der Waals surface area contributed by atoms with Crippen molar-refractivity contribution in [2.24, 2.45) is 0 Å². The lowest BCUT2D eigenvalue weighted by Gasteiger charge is -2.17. The number of alkyl halides is 3. The van der Waals surface area contributed by atoms with Gasteiger partial charge in [-0.2, -0.15) is 18.4 Å². The van der Waals surface area contributed by atoms with Crippen molar-refractivity contribution in [2.45, 2.75) is 37.5 Å². The highest BCUT2D eigenvalue weighted by molar-refractivity contribution is 7.91. The Morgan fingerprint density at radius 2 is 1.89 bits per heavy atom. The van der Waals surface area contributed by atoms with Crippen LogP contribution >= 0.6 is 0 Å². The number of aliphatic hydroxyl groups excluding tert-OH is 1. The molecule has 0 spiro atoms. The number of nitrogens with one attached hydrogen (secondary N) is 1. The number of rotatable bonds is 8. The molecule has 8 nitrogen and oxygen atoms in total. The summed E-state index contributed by atoms with van der Waals surface area (Å²) in [5.74, 6) is -0.729. The Kier molecular flexibility index (Phi) is 7.86. The number of imidazole rings is 1. The quantitative estimate of drug-likeness (QED) is 0.469. The number of amides is 1. The SMILES string of the molecule is CCS(=O)(=O)c1ccc(C(CO)NC(=O)c2ncn(Cc3ccc(C#N)cc3C(F)(F)F)c2C)cc1. The van der Waals surface area contributed by atoms with Crippen LogP contribution in [0.4, 0.5) is 13.2 Å². The predicted molar refractivity (Wildman–Crippen MR) is 124 cm³/mol. The van der Waals surface area contributed by atoms with E-state index in [1.165, 1.54) is 61.1 Å². The van der Waals surface area contributed by atoms with E-state index < -0.39 is 40.1 Å². The number of aromatic nitrogens is 2. The number of nitrogens with zero attached hydrogens (tertiary/aromatic N) is 3. The average Bonchev–Trinajstić information content (AvgIpc) is 3.22. The van der Waals surface area contributed by atoms with E-state index in [0.717, 1.165) is 6.07 Å². The molecule has 0 aliphatic heterocycles.